The number of fused-ring (bicyclic) bond motifs is 1. The second-order valence-corrected chi connectivity index (χ2v) is 7.49. The molecule has 2 amide bonds. The predicted molar refractivity (Wildman–Crippen MR) is 105 cm³/mol. The van der Waals surface area contributed by atoms with Crippen molar-refractivity contribution in [1.29, 1.82) is 0 Å². The number of aliphatic carboxylic acids is 1. The molecule has 1 fully saturated rings. The molecule has 28 heavy (non-hydrogen) atoms. The summed E-state index contributed by atoms with van der Waals surface area (Å²) in [5.74, 6) is -1.51. The molecule has 0 radical (unpaired) electrons. The van der Waals surface area contributed by atoms with Crippen molar-refractivity contribution in [1.82, 2.24) is 0 Å². The minimum atomic E-state index is -1.27. The highest BCUT2D eigenvalue weighted by Gasteiger charge is 2.57. The highest BCUT2D eigenvalue weighted by atomic mass is 16.4. The Labute approximate surface area is 163 Å². The van der Waals surface area contributed by atoms with Crippen LogP contribution in [-0.2, 0) is 27.2 Å². The molecule has 144 valence electrons. The summed E-state index contributed by atoms with van der Waals surface area (Å²) in [4.78, 5) is 38.0. The van der Waals surface area contributed by atoms with Gasteiger partial charge in [-0.3, -0.25) is 14.4 Å². The third-order valence-corrected chi connectivity index (χ3v) is 5.57. The van der Waals surface area contributed by atoms with Crippen LogP contribution in [0.3, 0.4) is 0 Å². The summed E-state index contributed by atoms with van der Waals surface area (Å²) in [6.07, 6.45) is 2.98. The van der Waals surface area contributed by atoms with E-state index >= 15 is 0 Å². The van der Waals surface area contributed by atoms with Crippen molar-refractivity contribution in [2.24, 2.45) is 5.41 Å². The Hall–Kier alpha value is -3.15. The van der Waals surface area contributed by atoms with Crippen LogP contribution >= 0.6 is 0 Å². The summed E-state index contributed by atoms with van der Waals surface area (Å²) < 4.78 is 0. The molecule has 0 spiro atoms. The van der Waals surface area contributed by atoms with Gasteiger partial charge in [-0.15, -0.1) is 0 Å². The lowest BCUT2D eigenvalue weighted by Gasteiger charge is -2.29. The van der Waals surface area contributed by atoms with Gasteiger partial charge in [-0.1, -0.05) is 30.3 Å². The van der Waals surface area contributed by atoms with E-state index in [0.29, 0.717) is 18.5 Å². The lowest BCUT2D eigenvalue weighted by atomic mass is 10.0. The Morgan fingerprint density at radius 2 is 1.75 bits per heavy atom. The lowest BCUT2D eigenvalue weighted by Crippen LogP contribution is -2.36. The van der Waals surface area contributed by atoms with Crippen LogP contribution in [0.2, 0.25) is 0 Å². The molecule has 6 nitrogen and oxygen atoms in total. The summed E-state index contributed by atoms with van der Waals surface area (Å²) in [7, 11) is 0. The van der Waals surface area contributed by atoms with Crippen molar-refractivity contribution in [2.75, 3.05) is 16.8 Å². The van der Waals surface area contributed by atoms with Crippen LogP contribution < -0.4 is 10.2 Å². The maximum absolute atomic E-state index is 12.8. The van der Waals surface area contributed by atoms with Crippen molar-refractivity contribution < 1.29 is 19.5 Å². The molecular weight excluding hydrogens is 356 g/mol. The van der Waals surface area contributed by atoms with E-state index in [-0.39, 0.29) is 12.3 Å². The first-order chi connectivity index (χ1) is 13.5. The fourth-order valence-corrected chi connectivity index (χ4v) is 3.68. The Morgan fingerprint density at radius 3 is 2.43 bits per heavy atom. The number of carboxylic acid groups (broad SMARTS) is 1. The molecule has 0 atom stereocenters. The van der Waals surface area contributed by atoms with Crippen LogP contribution in [0.15, 0.2) is 48.5 Å². The summed E-state index contributed by atoms with van der Waals surface area (Å²) in [5.41, 5.74) is 2.32. The molecule has 1 aliphatic heterocycles. The van der Waals surface area contributed by atoms with Crippen LogP contribution in [0.25, 0.3) is 0 Å². The molecule has 1 aliphatic carbocycles. The number of rotatable bonds is 5. The number of carbonyl (C=O) groups excluding carboxylic acids is 2. The average molecular weight is 378 g/mol. The minimum Gasteiger partial charge on any atom is -0.480 e. The molecule has 0 unspecified atom stereocenters. The second kappa shape index (κ2) is 7.11. The minimum absolute atomic E-state index is 0.0479. The van der Waals surface area contributed by atoms with E-state index in [1.807, 2.05) is 23.1 Å². The van der Waals surface area contributed by atoms with E-state index < -0.39 is 17.3 Å². The number of benzene rings is 2. The van der Waals surface area contributed by atoms with E-state index in [0.717, 1.165) is 30.6 Å². The average Bonchev–Trinajstić information content (AvgIpc) is 3.51. The summed E-state index contributed by atoms with van der Waals surface area (Å²) in [6.45, 7) is 0.723. The molecule has 6 heteroatoms. The first kappa shape index (κ1) is 18.2. The number of hydrogen-bond acceptors (Lipinski definition) is 3. The number of hydrogen-bond donors (Lipinski definition) is 2. The predicted octanol–water partition coefficient (Wildman–Crippen LogP) is 3.01. The van der Waals surface area contributed by atoms with Gasteiger partial charge in [-0.25, -0.2) is 0 Å². The standard InChI is InChI=1S/C22H22N2O4/c25-19(24-13-3-5-16-4-1-2-6-18(16)24)14-15-7-9-17(10-8-15)23-20(26)22(11-12-22)21(27)28/h1-2,4,6-10H,3,5,11-14H2,(H,23,26)(H,27,28). The van der Waals surface area contributed by atoms with Gasteiger partial charge in [-0.05, 0) is 55.0 Å². The zero-order valence-electron chi connectivity index (χ0n) is 15.5. The molecule has 0 saturated heterocycles. The quantitative estimate of drug-likeness (QED) is 0.783. The molecule has 2 aromatic rings. The third kappa shape index (κ3) is 3.38. The number of nitrogens with zero attached hydrogens (tertiary/aromatic N) is 1. The first-order valence-corrected chi connectivity index (χ1v) is 9.52. The topological polar surface area (TPSA) is 86.7 Å². The van der Waals surface area contributed by atoms with Crippen molar-refractivity contribution in [2.45, 2.75) is 32.1 Å². The van der Waals surface area contributed by atoms with Gasteiger partial charge in [0.1, 0.15) is 5.41 Å². The number of para-hydroxylation sites is 1. The molecule has 0 bridgehead atoms. The molecule has 1 heterocycles. The monoisotopic (exact) mass is 378 g/mol. The van der Waals surface area contributed by atoms with E-state index in [4.69, 9.17) is 0 Å². The Balaban J connectivity index is 1.41. The summed E-state index contributed by atoms with van der Waals surface area (Å²) >= 11 is 0. The summed E-state index contributed by atoms with van der Waals surface area (Å²) in [5, 5.41) is 11.9. The molecule has 0 aromatic heterocycles. The number of amides is 2. The fraction of sp³-hybridized carbons (Fsp3) is 0.318. The van der Waals surface area contributed by atoms with Gasteiger partial charge in [0.2, 0.25) is 11.8 Å². The first-order valence-electron chi connectivity index (χ1n) is 9.52. The third-order valence-electron chi connectivity index (χ3n) is 5.57. The van der Waals surface area contributed by atoms with Crippen molar-refractivity contribution in [3.63, 3.8) is 0 Å². The fourth-order valence-electron chi connectivity index (χ4n) is 3.68. The number of aryl methyl sites for hydroxylation is 1. The normalized spacial score (nSPS) is 16.8. The lowest BCUT2D eigenvalue weighted by molar-refractivity contribution is -0.147. The van der Waals surface area contributed by atoms with Crippen LogP contribution in [-0.4, -0.2) is 29.4 Å². The smallest absolute Gasteiger partial charge is 0.319 e. The zero-order chi connectivity index (χ0) is 19.7. The van der Waals surface area contributed by atoms with Crippen LogP contribution in [0.5, 0.6) is 0 Å². The summed E-state index contributed by atoms with van der Waals surface area (Å²) in [6, 6.07) is 15.0. The number of nitrogens with one attached hydrogen (secondary N) is 1. The maximum Gasteiger partial charge on any atom is 0.319 e. The van der Waals surface area contributed by atoms with Crippen LogP contribution in [0.1, 0.15) is 30.4 Å². The Bertz CT molecular complexity index is 932. The number of carbonyl (C=O) groups is 3. The van der Waals surface area contributed by atoms with Crippen LogP contribution in [0, 0.1) is 5.41 Å². The molecular formula is C22H22N2O4. The van der Waals surface area contributed by atoms with Gasteiger partial charge in [-0.2, -0.15) is 0 Å². The van der Waals surface area contributed by atoms with E-state index in [2.05, 4.69) is 11.4 Å². The van der Waals surface area contributed by atoms with Crippen LogP contribution in [0.4, 0.5) is 11.4 Å². The highest BCUT2D eigenvalue weighted by Crippen LogP contribution is 2.46. The van der Waals surface area contributed by atoms with E-state index in [9.17, 15) is 19.5 Å². The molecule has 2 aromatic carbocycles. The zero-order valence-corrected chi connectivity index (χ0v) is 15.5. The van der Waals surface area contributed by atoms with Crippen molar-refractivity contribution in [3.8, 4) is 0 Å². The SMILES string of the molecule is O=C(Cc1ccc(NC(=O)C2(C(=O)O)CC2)cc1)N1CCCc2ccccc21. The number of carboxylic acids is 1. The van der Waals surface area contributed by atoms with Gasteiger partial charge in [0.15, 0.2) is 0 Å². The maximum atomic E-state index is 12.8. The number of anilines is 2. The molecule has 4 rings (SSSR count). The van der Waals surface area contributed by atoms with Gasteiger partial charge < -0.3 is 15.3 Å². The van der Waals surface area contributed by atoms with Crippen molar-refractivity contribution in [3.05, 3.63) is 59.7 Å². The van der Waals surface area contributed by atoms with Gasteiger partial charge in [0.05, 0.1) is 6.42 Å². The van der Waals surface area contributed by atoms with Gasteiger partial charge in [0, 0.05) is 17.9 Å². The van der Waals surface area contributed by atoms with E-state index in [1.54, 1.807) is 24.3 Å². The van der Waals surface area contributed by atoms with Crippen molar-refractivity contribution >= 4 is 29.2 Å². The highest BCUT2D eigenvalue weighted by molar-refractivity contribution is 6.10. The van der Waals surface area contributed by atoms with Gasteiger partial charge in [0.25, 0.3) is 0 Å². The Kier molecular flexibility index (Phi) is 4.63. The molecule has 1 saturated carbocycles. The van der Waals surface area contributed by atoms with Gasteiger partial charge >= 0.3 is 5.97 Å². The van der Waals surface area contributed by atoms with E-state index in [1.165, 1.54) is 5.56 Å². The second-order valence-electron chi connectivity index (χ2n) is 7.49. The largest absolute Gasteiger partial charge is 0.480 e. The molecule has 2 N–H and O–H groups in total. The molecule has 2 aliphatic rings. The Morgan fingerprint density at radius 1 is 1.04 bits per heavy atom.